The smallest absolute Gasteiger partial charge is 0.153 e. The average Bonchev–Trinajstić information content (AvgIpc) is 3.26. The van der Waals surface area contributed by atoms with Crippen LogP contribution < -0.4 is 4.74 Å². The van der Waals surface area contributed by atoms with E-state index < -0.39 is 0 Å². The van der Waals surface area contributed by atoms with E-state index in [4.69, 9.17) is 14.8 Å². The molecule has 0 saturated carbocycles. The Morgan fingerprint density at radius 3 is 2.62 bits per heavy atom. The Morgan fingerprint density at radius 1 is 1.04 bits per heavy atom. The normalized spacial score (nSPS) is 11.0. The Bertz CT molecular complexity index is 836. The number of nitrogens with zero attached hydrogens (tertiary/aromatic N) is 5. The first-order valence-electron chi connectivity index (χ1n) is 9.28. The molecule has 0 spiro atoms. The van der Waals surface area contributed by atoms with Gasteiger partial charge < -0.3 is 4.74 Å². The van der Waals surface area contributed by atoms with Crippen molar-refractivity contribution >= 4 is 0 Å². The minimum absolute atomic E-state index is 0.798. The molecule has 0 unspecified atom stereocenters. The van der Waals surface area contributed by atoms with Crippen LogP contribution in [-0.4, -0.2) is 31.7 Å². The summed E-state index contributed by atoms with van der Waals surface area (Å²) in [6.07, 6.45) is 7.89. The largest absolute Gasteiger partial charge is 0.496 e. The van der Waals surface area contributed by atoms with Crippen LogP contribution in [-0.2, 0) is 26.3 Å². The van der Waals surface area contributed by atoms with E-state index in [1.165, 1.54) is 18.4 Å². The van der Waals surface area contributed by atoms with Crippen molar-refractivity contribution in [2.24, 2.45) is 7.05 Å². The van der Waals surface area contributed by atoms with Crippen LogP contribution in [0.3, 0.4) is 0 Å². The number of para-hydroxylation sites is 1. The van der Waals surface area contributed by atoms with Crippen molar-refractivity contribution in [3.8, 4) is 11.6 Å². The van der Waals surface area contributed by atoms with Gasteiger partial charge in [0.05, 0.1) is 13.3 Å². The van der Waals surface area contributed by atoms with E-state index in [1.54, 1.807) is 13.3 Å². The van der Waals surface area contributed by atoms with Crippen molar-refractivity contribution in [1.29, 1.82) is 0 Å². The van der Waals surface area contributed by atoms with Gasteiger partial charge in [0.1, 0.15) is 11.6 Å². The minimum Gasteiger partial charge on any atom is -0.496 e. The van der Waals surface area contributed by atoms with Crippen molar-refractivity contribution < 1.29 is 4.74 Å². The number of aryl methyl sites for hydroxylation is 4. The van der Waals surface area contributed by atoms with Gasteiger partial charge in [0.25, 0.3) is 0 Å². The molecule has 2 heterocycles. The molecule has 0 bridgehead atoms. The summed E-state index contributed by atoms with van der Waals surface area (Å²) >= 11 is 0. The van der Waals surface area contributed by atoms with E-state index in [1.807, 2.05) is 40.7 Å². The third-order valence-corrected chi connectivity index (χ3v) is 4.54. The molecule has 0 atom stereocenters. The van der Waals surface area contributed by atoms with Crippen LogP contribution in [0.1, 0.15) is 43.4 Å². The molecule has 3 rings (SSSR count). The van der Waals surface area contributed by atoms with Crippen LogP contribution in [0.5, 0.6) is 5.75 Å². The van der Waals surface area contributed by atoms with Crippen LogP contribution in [0.25, 0.3) is 5.82 Å². The van der Waals surface area contributed by atoms with Gasteiger partial charge in [-0.05, 0) is 24.5 Å². The average molecular weight is 353 g/mol. The zero-order valence-corrected chi connectivity index (χ0v) is 15.9. The van der Waals surface area contributed by atoms with Crippen LogP contribution in [0, 0.1) is 0 Å². The summed E-state index contributed by atoms with van der Waals surface area (Å²) < 4.78 is 9.23. The SMILES string of the molecule is CCCCCc1nc(CCc2ccccc2OC)n(-c2ccnn2C)n1. The lowest BCUT2D eigenvalue weighted by molar-refractivity contribution is 0.409. The number of ether oxygens (including phenoxy) is 1. The molecule has 0 amide bonds. The highest BCUT2D eigenvalue weighted by Crippen LogP contribution is 2.20. The summed E-state index contributed by atoms with van der Waals surface area (Å²) in [5.41, 5.74) is 1.18. The Balaban J connectivity index is 1.83. The highest BCUT2D eigenvalue weighted by Gasteiger charge is 2.15. The van der Waals surface area contributed by atoms with Crippen LogP contribution >= 0.6 is 0 Å². The maximum atomic E-state index is 5.47. The molecule has 6 heteroatoms. The lowest BCUT2D eigenvalue weighted by Gasteiger charge is -2.09. The number of hydrogen-bond acceptors (Lipinski definition) is 4. The Hall–Kier alpha value is -2.63. The number of benzene rings is 1. The van der Waals surface area contributed by atoms with Gasteiger partial charge in [0.15, 0.2) is 11.6 Å². The molecule has 3 aromatic rings. The summed E-state index contributed by atoms with van der Waals surface area (Å²) in [5.74, 6) is 3.73. The highest BCUT2D eigenvalue weighted by atomic mass is 16.5. The van der Waals surface area contributed by atoms with Gasteiger partial charge in [-0.1, -0.05) is 38.0 Å². The number of aromatic nitrogens is 5. The van der Waals surface area contributed by atoms with E-state index in [9.17, 15) is 0 Å². The summed E-state index contributed by atoms with van der Waals surface area (Å²) in [7, 11) is 3.64. The van der Waals surface area contributed by atoms with Gasteiger partial charge >= 0.3 is 0 Å². The lowest BCUT2D eigenvalue weighted by Crippen LogP contribution is -2.09. The second-order valence-electron chi connectivity index (χ2n) is 6.44. The summed E-state index contributed by atoms with van der Waals surface area (Å²) in [5, 5.41) is 9.03. The van der Waals surface area contributed by atoms with E-state index in [0.29, 0.717) is 0 Å². The predicted molar refractivity (Wildman–Crippen MR) is 102 cm³/mol. The topological polar surface area (TPSA) is 57.8 Å². The van der Waals surface area contributed by atoms with Gasteiger partial charge in [-0.2, -0.15) is 9.78 Å². The zero-order valence-electron chi connectivity index (χ0n) is 15.9. The number of methoxy groups -OCH3 is 1. The van der Waals surface area contributed by atoms with Gasteiger partial charge in [-0.15, -0.1) is 5.10 Å². The van der Waals surface area contributed by atoms with Crippen molar-refractivity contribution in [3.63, 3.8) is 0 Å². The van der Waals surface area contributed by atoms with E-state index in [-0.39, 0.29) is 0 Å². The Kier molecular flexibility index (Phi) is 6.04. The van der Waals surface area contributed by atoms with Gasteiger partial charge in [0, 0.05) is 26.0 Å². The van der Waals surface area contributed by atoms with Crippen molar-refractivity contribution in [1.82, 2.24) is 24.5 Å². The maximum Gasteiger partial charge on any atom is 0.153 e. The molecule has 2 aromatic heterocycles. The van der Waals surface area contributed by atoms with Crippen molar-refractivity contribution in [3.05, 3.63) is 53.7 Å². The second kappa shape index (κ2) is 8.65. The number of hydrogen-bond donors (Lipinski definition) is 0. The summed E-state index contributed by atoms with van der Waals surface area (Å²) in [4.78, 5) is 4.82. The number of rotatable bonds is 9. The lowest BCUT2D eigenvalue weighted by atomic mass is 10.1. The second-order valence-corrected chi connectivity index (χ2v) is 6.44. The van der Waals surface area contributed by atoms with Crippen LogP contribution in [0.4, 0.5) is 0 Å². The number of unbranched alkanes of at least 4 members (excludes halogenated alkanes) is 2. The monoisotopic (exact) mass is 353 g/mol. The molecular weight excluding hydrogens is 326 g/mol. The summed E-state index contributed by atoms with van der Waals surface area (Å²) in [6.45, 7) is 2.21. The molecule has 0 saturated heterocycles. The van der Waals surface area contributed by atoms with Crippen molar-refractivity contribution in [2.75, 3.05) is 7.11 Å². The quantitative estimate of drug-likeness (QED) is 0.552. The van der Waals surface area contributed by atoms with Crippen LogP contribution in [0.15, 0.2) is 36.5 Å². The molecule has 0 radical (unpaired) electrons. The molecular formula is C20H27N5O. The molecule has 0 N–H and O–H groups in total. The Labute approximate surface area is 154 Å². The molecule has 0 fully saturated rings. The highest BCUT2D eigenvalue weighted by molar-refractivity contribution is 5.33. The van der Waals surface area contributed by atoms with E-state index in [0.717, 1.165) is 48.9 Å². The maximum absolute atomic E-state index is 5.47. The standard InChI is InChI=1S/C20H27N5O/c1-4-5-6-11-18-22-19(25(23-18)20-14-15-21-24(20)2)13-12-16-9-7-8-10-17(16)26-3/h7-10,14-15H,4-6,11-13H2,1-3H3. The minimum atomic E-state index is 0.798. The van der Waals surface area contributed by atoms with Crippen LogP contribution in [0.2, 0.25) is 0 Å². The fourth-order valence-electron chi connectivity index (χ4n) is 3.11. The molecule has 1 aromatic carbocycles. The molecule has 0 aliphatic heterocycles. The van der Waals surface area contributed by atoms with Gasteiger partial charge in [-0.25, -0.2) is 4.98 Å². The molecule has 0 aliphatic carbocycles. The fraction of sp³-hybridized carbons (Fsp3) is 0.450. The zero-order chi connectivity index (χ0) is 18.4. The Morgan fingerprint density at radius 2 is 1.88 bits per heavy atom. The van der Waals surface area contributed by atoms with Gasteiger partial charge in [0.2, 0.25) is 0 Å². The van der Waals surface area contributed by atoms with E-state index in [2.05, 4.69) is 18.1 Å². The molecule has 26 heavy (non-hydrogen) atoms. The molecule has 0 aliphatic rings. The first kappa shape index (κ1) is 18.2. The molecule has 6 nitrogen and oxygen atoms in total. The first-order valence-corrected chi connectivity index (χ1v) is 9.28. The van der Waals surface area contributed by atoms with Gasteiger partial charge in [-0.3, -0.25) is 4.68 Å². The summed E-state index contributed by atoms with van der Waals surface area (Å²) in [6, 6.07) is 10.1. The third-order valence-electron chi connectivity index (χ3n) is 4.54. The fourth-order valence-corrected chi connectivity index (χ4v) is 3.11. The first-order chi connectivity index (χ1) is 12.7. The molecule has 138 valence electrons. The van der Waals surface area contributed by atoms with E-state index >= 15 is 0 Å². The van der Waals surface area contributed by atoms with Crippen molar-refractivity contribution in [2.45, 2.75) is 45.4 Å². The third kappa shape index (κ3) is 4.12. The predicted octanol–water partition coefficient (Wildman–Crippen LogP) is 3.53.